The number of halogens is 1. The lowest BCUT2D eigenvalue weighted by atomic mass is 9.92. The Kier molecular flexibility index (Phi) is 6.64. The third-order valence-corrected chi connectivity index (χ3v) is 5.35. The summed E-state index contributed by atoms with van der Waals surface area (Å²) in [5, 5.41) is 0. The molecule has 26 heavy (non-hydrogen) atoms. The fourth-order valence-corrected chi connectivity index (χ4v) is 3.34. The molecule has 2 rings (SSSR count). The van der Waals surface area contributed by atoms with Crippen molar-refractivity contribution < 1.29 is 9.53 Å². The maximum atomic E-state index is 12.8. The molecule has 0 fully saturated rings. The molecule has 0 N–H and O–H groups in total. The number of nitrogens with zero attached hydrogens (tertiary/aromatic N) is 3. The number of benzene rings is 1. The van der Waals surface area contributed by atoms with Gasteiger partial charge < -0.3 is 4.74 Å². The summed E-state index contributed by atoms with van der Waals surface area (Å²) in [5.41, 5.74) is 3.30. The van der Waals surface area contributed by atoms with Gasteiger partial charge in [-0.2, -0.15) is 4.99 Å². The first-order valence-electron chi connectivity index (χ1n) is 8.86. The lowest BCUT2D eigenvalue weighted by Gasteiger charge is -2.20. The third kappa shape index (κ3) is 4.54. The Labute approximate surface area is 163 Å². The second kappa shape index (κ2) is 8.35. The van der Waals surface area contributed by atoms with Gasteiger partial charge in [0.15, 0.2) is 5.49 Å². The van der Waals surface area contributed by atoms with Crippen LogP contribution in [0.4, 0.5) is 0 Å². The first-order valence-corrected chi connectivity index (χ1v) is 9.65. The van der Waals surface area contributed by atoms with E-state index in [9.17, 15) is 4.79 Å². The molecule has 0 aliphatic heterocycles. The van der Waals surface area contributed by atoms with E-state index in [1.165, 1.54) is 0 Å². The summed E-state index contributed by atoms with van der Waals surface area (Å²) in [6.07, 6.45) is 0. The molecule has 0 unspecified atom stereocenters. The molecule has 0 saturated heterocycles. The van der Waals surface area contributed by atoms with Crippen LogP contribution >= 0.6 is 15.9 Å². The van der Waals surface area contributed by atoms with Crippen LogP contribution in [-0.4, -0.2) is 28.5 Å². The van der Waals surface area contributed by atoms with Crippen LogP contribution in [0.2, 0.25) is 0 Å². The maximum absolute atomic E-state index is 12.8. The van der Waals surface area contributed by atoms with Gasteiger partial charge in [0.25, 0.3) is 5.91 Å². The van der Waals surface area contributed by atoms with Gasteiger partial charge in [-0.25, -0.2) is 0 Å². The molecule has 0 atom stereocenters. The number of carbonyl (C=O) groups excluding carboxylic acids is 1. The highest BCUT2D eigenvalue weighted by molar-refractivity contribution is 9.10. The van der Waals surface area contributed by atoms with E-state index in [1.807, 2.05) is 43.8 Å². The quantitative estimate of drug-likeness (QED) is 0.685. The van der Waals surface area contributed by atoms with Gasteiger partial charge in [-0.1, -0.05) is 32.9 Å². The molecule has 142 valence electrons. The van der Waals surface area contributed by atoms with Gasteiger partial charge in [-0.3, -0.25) is 14.2 Å². The van der Waals surface area contributed by atoms with Crippen molar-refractivity contribution >= 4 is 21.8 Å². The van der Waals surface area contributed by atoms with Crippen molar-refractivity contribution in [1.29, 1.82) is 0 Å². The SMILES string of the molecule is CCOCCn1c(=NC(=O)c2cccc(C)c2Br)cc(C(C)(C)C)n1C. The number of rotatable bonds is 5. The van der Waals surface area contributed by atoms with Gasteiger partial charge in [-0.15, -0.1) is 0 Å². The van der Waals surface area contributed by atoms with Crippen LogP contribution in [0.1, 0.15) is 49.3 Å². The van der Waals surface area contributed by atoms with Crippen molar-refractivity contribution in [3.63, 3.8) is 0 Å². The third-order valence-electron chi connectivity index (χ3n) is 4.30. The zero-order valence-electron chi connectivity index (χ0n) is 16.5. The Bertz CT molecular complexity index is 857. The van der Waals surface area contributed by atoms with Gasteiger partial charge in [0, 0.05) is 35.3 Å². The maximum Gasteiger partial charge on any atom is 0.280 e. The molecule has 1 aromatic heterocycles. The first kappa shape index (κ1) is 20.6. The molecular weight excluding hydrogens is 394 g/mol. The monoisotopic (exact) mass is 421 g/mol. The zero-order chi connectivity index (χ0) is 19.5. The van der Waals surface area contributed by atoms with E-state index >= 15 is 0 Å². The fraction of sp³-hybridized carbons (Fsp3) is 0.500. The van der Waals surface area contributed by atoms with Crippen molar-refractivity contribution in [2.24, 2.45) is 12.0 Å². The van der Waals surface area contributed by atoms with Gasteiger partial charge in [0.1, 0.15) is 0 Å². The number of ether oxygens (including phenoxy) is 1. The highest BCUT2D eigenvalue weighted by Gasteiger charge is 2.21. The Morgan fingerprint density at radius 3 is 2.62 bits per heavy atom. The molecule has 2 aromatic rings. The number of aromatic nitrogens is 2. The lowest BCUT2D eigenvalue weighted by Crippen LogP contribution is -2.27. The number of aryl methyl sites for hydroxylation is 1. The van der Waals surface area contributed by atoms with Crippen molar-refractivity contribution in [3.8, 4) is 0 Å². The number of carbonyl (C=O) groups is 1. The average molecular weight is 422 g/mol. The standard InChI is InChI=1S/C20H28BrN3O2/c1-7-26-12-11-24-17(13-16(23(24)6)20(3,4)5)22-19(25)15-10-8-9-14(2)18(15)21/h8-10,13H,7,11-12H2,1-6H3. The molecule has 1 aromatic carbocycles. The van der Waals surface area contributed by atoms with Crippen LogP contribution in [0, 0.1) is 6.92 Å². The van der Waals surface area contributed by atoms with E-state index in [1.54, 1.807) is 6.07 Å². The highest BCUT2D eigenvalue weighted by atomic mass is 79.9. The number of amides is 1. The molecule has 0 saturated carbocycles. The van der Waals surface area contributed by atoms with Crippen molar-refractivity contribution in [2.75, 3.05) is 13.2 Å². The summed E-state index contributed by atoms with van der Waals surface area (Å²) in [6, 6.07) is 7.62. The molecule has 1 amide bonds. The van der Waals surface area contributed by atoms with Crippen molar-refractivity contribution in [1.82, 2.24) is 9.36 Å². The average Bonchev–Trinajstić information content (AvgIpc) is 2.87. The summed E-state index contributed by atoms with van der Waals surface area (Å²) in [6.45, 7) is 12.3. The summed E-state index contributed by atoms with van der Waals surface area (Å²) in [5.74, 6) is -0.253. The van der Waals surface area contributed by atoms with Crippen molar-refractivity contribution in [3.05, 3.63) is 51.0 Å². The molecule has 0 aliphatic rings. The minimum Gasteiger partial charge on any atom is -0.380 e. The lowest BCUT2D eigenvalue weighted by molar-refractivity contribution is 0.0993. The van der Waals surface area contributed by atoms with E-state index in [4.69, 9.17) is 4.74 Å². The molecule has 0 radical (unpaired) electrons. The Morgan fingerprint density at radius 1 is 1.31 bits per heavy atom. The van der Waals surface area contributed by atoms with E-state index < -0.39 is 0 Å². The Balaban J connectivity index is 2.53. The van der Waals surface area contributed by atoms with Crippen molar-refractivity contribution in [2.45, 2.75) is 46.6 Å². The molecule has 1 heterocycles. The van der Waals surface area contributed by atoms with Crippen LogP contribution in [0.5, 0.6) is 0 Å². The van der Waals surface area contributed by atoms with Crippen LogP contribution in [0.3, 0.4) is 0 Å². The minimum absolute atomic E-state index is 0.0527. The second-order valence-corrected chi connectivity index (χ2v) is 8.13. The molecule has 0 spiro atoms. The zero-order valence-corrected chi connectivity index (χ0v) is 18.1. The first-order chi connectivity index (χ1) is 12.2. The van der Waals surface area contributed by atoms with Gasteiger partial charge in [0.2, 0.25) is 0 Å². The summed E-state index contributed by atoms with van der Waals surface area (Å²) >= 11 is 3.50. The van der Waals surface area contributed by atoms with Gasteiger partial charge in [-0.05, 0) is 41.4 Å². The van der Waals surface area contributed by atoms with Crippen LogP contribution in [-0.2, 0) is 23.7 Å². The summed E-state index contributed by atoms with van der Waals surface area (Å²) in [4.78, 5) is 17.2. The normalized spacial score (nSPS) is 12.7. The van der Waals surface area contributed by atoms with Crippen LogP contribution in [0.15, 0.2) is 33.7 Å². The topological polar surface area (TPSA) is 48.5 Å². The smallest absolute Gasteiger partial charge is 0.280 e. The van der Waals surface area contributed by atoms with Gasteiger partial charge in [0.05, 0.1) is 18.7 Å². The minimum atomic E-state index is -0.253. The summed E-state index contributed by atoms with van der Waals surface area (Å²) in [7, 11) is 2.00. The summed E-state index contributed by atoms with van der Waals surface area (Å²) < 4.78 is 10.4. The largest absolute Gasteiger partial charge is 0.380 e. The molecule has 0 bridgehead atoms. The number of hydrogen-bond donors (Lipinski definition) is 0. The Morgan fingerprint density at radius 2 is 2.00 bits per heavy atom. The number of hydrogen-bond acceptors (Lipinski definition) is 2. The van der Waals surface area contributed by atoms with Crippen LogP contribution in [0.25, 0.3) is 0 Å². The molecule has 5 nitrogen and oxygen atoms in total. The predicted octanol–water partition coefficient (Wildman–Crippen LogP) is 3.97. The van der Waals surface area contributed by atoms with E-state index in [0.717, 1.165) is 15.7 Å². The molecule has 6 heteroatoms. The second-order valence-electron chi connectivity index (χ2n) is 7.33. The van der Waals surface area contributed by atoms with E-state index in [2.05, 4.69) is 46.4 Å². The molecule has 0 aliphatic carbocycles. The highest BCUT2D eigenvalue weighted by Crippen LogP contribution is 2.22. The van der Waals surface area contributed by atoms with Gasteiger partial charge >= 0.3 is 0 Å². The van der Waals surface area contributed by atoms with E-state index in [0.29, 0.717) is 30.8 Å². The van der Waals surface area contributed by atoms with Crippen LogP contribution < -0.4 is 5.49 Å². The fourth-order valence-electron chi connectivity index (χ4n) is 2.90. The molecular formula is C20H28BrN3O2. The Hall–Kier alpha value is -1.66. The van der Waals surface area contributed by atoms with E-state index in [-0.39, 0.29) is 11.3 Å². The predicted molar refractivity (Wildman–Crippen MR) is 107 cm³/mol.